The maximum atomic E-state index is 12.4. The second-order valence-corrected chi connectivity index (χ2v) is 9.12. The lowest BCUT2D eigenvalue weighted by Crippen LogP contribution is -2.40. The summed E-state index contributed by atoms with van der Waals surface area (Å²) >= 11 is 0. The number of carbonyl (C=O) groups is 1. The zero-order valence-electron chi connectivity index (χ0n) is 17.9. The van der Waals surface area contributed by atoms with Crippen LogP contribution in [0, 0.1) is 5.41 Å². The Morgan fingerprint density at radius 3 is 2.54 bits per heavy atom. The highest BCUT2D eigenvalue weighted by Crippen LogP contribution is 2.46. The van der Waals surface area contributed by atoms with Crippen LogP contribution in [0.4, 0.5) is 4.79 Å². The summed E-state index contributed by atoms with van der Waals surface area (Å²) in [4.78, 5) is 25.3. The lowest BCUT2D eigenvalue weighted by molar-refractivity contribution is 0.0218. The van der Waals surface area contributed by atoms with Crippen molar-refractivity contribution in [3.05, 3.63) is 11.3 Å². The predicted molar refractivity (Wildman–Crippen MR) is 105 cm³/mol. The molecule has 8 heteroatoms. The van der Waals surface area contributed by atoms with Gasteiger partial charge in [0.25, 0.3) is 0 Å². The molecule has 3 rings (SSSR count). The average Bonchev–Trinajstić information content (AvgIpc) is 3.36. The summed E-state index contributed by atoms with van der Waals surface area (Å²) in [5, 5.41) is 0. The Morgan fingerprint density at radius 2 is 1.96 bits per heavy atom. The van der Waals surface area contributed by atoms with Gasteiger partial charge in [0.15, 0.2) is 0 Å². The number of amides is 1. The molecule has 1 saturated carbocycles. The van der Waals surface area contributed by atoms with Crippen molar-refractivity contribution >= 4 is 6.09 Å². The van der Waals surface area contributed by atoms with E-state index in [1.807, 2.05) is 20.8 Å². The minimum Gasteiger partial charge on any atom is -0.481 e. The SMILES string of the molecule is COc1nc(OCC2(CN(C)C)CC2)nc2c1CCN(C(=O)OC(C)(C)C)C2. The minimum atomic E-state index is -0.528. The van der Waals surface area contributed by atoms with Crippen molar-refractivity contribution in [2.24, 2.45) is 5.41 Å². The normalized spacial score (nSPS) is 17.9. The number of rotatable bonds is 6. The number of fused-ring (bicyclic) bond motifs is 1. The Labute approximate surface area is 167 Å². The van der Waals surface area contributed by atoms with Crippen molar-refractivity contribution in [2.45, 2.75) is 52.2 Å². The van der Waals surface area contributed by atoms with Gasteiger partial charge in [-0.1, -0.05) is 0 Å². The summed E-state index contributed by atoms with van der Waals surface area (Å²) in [6.07, 6.45) is 2.60. The number of aromatic nitrogens is 2. The molecular weight excluding hydrogens is 360 g/mol. The van der Waals surface area contributed by atoms with Crippen LogP contribution >= 0.6 is 0 Å². The highest BCUT2D eigenvalue weighted by molar-refractivity contribution is 5.68. The second kappa shape index (κ2) is 7.73. The Balaban J connectivity index is 1.72. The molecule has 1 aromatic rings. The van der Waals surface area contributed by atoms with Gasteiger partial charge in [-0.2, -0.15) is 9.97 Å². The maximum absolute atomic E-state index is 12.4. The van der Waals surface area contributed by atoms with E-state index in [0.29, 0.717) is 38.0 Å². The molecule has 156 valence electrons. The Bertz CT molecular complexity index is 726. The summed E-state index contributed by atoms with van der Waals surface area (Å²) < 4.78 is 16.9. The fraction of sp³-hybridized carbons (Fsp3) is 0.750. The van der Waals surface area contributed by atoms with Crippen molar-refractivity contribution in [2.75, 3.05) is 40.9 Å². The van der Waals surface area contributed by atoms with E-state index >= 15 is 0 Å². The lowest BCUT2D eigenvalue weighted by Gasteiger charge is -2.31. The summed E-state index contributed by atoms with van der Waals surface area (Å²) in [5.41, 5.74) is 1.36. The first-order valence-corrected chi connectivity index (χ1v) is 9.80. The van der Waals surface area contributed by atoms with Crippen molar-refractivity contribution in [3.8, 4) is 11.9 Å². The van der Waals surface area contributed by atoms with Crippen LogP contribution in [-0.4, -0.2) is 72.4 Å². The first-order chi connectivity index (χ1) is 13.1. The van der Waals surface area contributed by atoms with Gasteiger partial charge in [0, 0.05) is 24.1 Å². The molecule has 0 spiro atoms. The molecule has 28 heavy (non-hydrogen) atoms. The van der Waals surface area contributed by atoms with Gasteiger partial charge in [-0.25, -0.2) is 4.79 Å². The largest absolute Gasteiger partial charge is 0.481 e. The van der Waals surface area contributed by atoms with Crippen LogP contribution in [0.15, 0.2) is 0 Å². The van der Waals surface area contributed by atoms with E-state index in [0.717, 1.165) is 30.6 Å². The third-order valence-corrected chi connectivity index (χ3v) is 4.97. The van der Waals surface area contributed by atoms with E-state index < -0.39 is 5.60 Å². The lowest BCUT2D eigenvalue weighted by atomic mass is 10.1. The Morgan fingerprint density at radius 1 is 1.25 bits per heavy atom. The minimum absolute atomic E-state index is 0.193. The quantitative estimate of drug-likeness (QED) is 0.736. The van der Waals surface area contributed by atoms with Crippen LogP contribution in [0.5, 0.6) is 11.9 Å². The standard InChI is InChI=1S/C20H32N4O4/c1-19(2,3)28-18(25)24-10-7-14-15(11-24)21-17(22-16(14)26-6)27-13-20(8-9-20)12-23(4)5/h7-13H2,1-6H3. The number of methoxy groups -OCH3 is 1. The molecule has 8 nitrogen and oxygen atoms in total. The topological polar surface area (TPSA) is 77.0 Å². The van der Waals surface area contributed by atoms with Crippen LogP contribution in [0.1, 0.15) is 44.9 Å². The third-order valence-electron chi connectivity index (χ3n) is 4.97. The van der Waals surface area contributed by atoms with Gasteiger partial charge in [0.05, 0.1) is 26.0 Å². The van der Waals surface area contributed by atoms with Crippen molar-refractivity contribution in [1.82, 2.24) is 19.8 Å². The van der Waals surface area contributed by atoms with Crippen LogP contribution in [0.3, 0.4) is 0 Å². The van der Waals surface area contributed by atoms with E-state index in [1.54, 1.807) is 12.0 Å². The van der Waals surface area contributed by atoms with Crippen molar-refractivity contribution in [3.63, 3.8) is 0 Å². The number of carbonyl (C=O) groups excluding carboxylic acids is 1. The molecule has 0 saturated heterocycles. The highest BCUT2D eigenvalue weighted by Gasteiger charge is 2.44. The first-order valence-electron chi connectivity index (χ1n) is 9.80. The van der Waals surface area contributed by atoms with Gasteiger partial charge < -0.3 is 24.0 Å². The number of hydrogen-bond donors (Lipinski definition) is 0. The molecule has 0 radical (unpaired) electrons. The number of nitrogens with zero attached hydrogens (tertiary/aromatic N) is 4. The first kappa shape index (κ1) is 20.6. The molecule has 1 aliphatic carbocycles. The molecule has 1 amide bonds. The van der Waals surface area contributed by atoms with Crippen LogP contribution in [0.2, 0.25) is 0 Å². The molecule has 0 atom stereocenters. The monoisotopic (exact) mass is 392 g/mol. The molecular formula is C20H32N4O4. The summed E-state index contributed by atoms with van der Waals surface area (Å²) in [6.45, 7) is 8.07. The molecule has 2 heterocycles. The fourth-order valence-electron chi connectivity index (χ4n) is 3.50. The van der Waals surface area contributed by atoms with Crippen molar-refractivity contribution in [1.29, 1.82) is 0 Å². The van der Waals surface area contributed by atoms with Gasteiger partial charge in [0.1, 0.15) is 5.60 Å². The van der Waals surface area contributed by atoms with Crippen LogP contribution in [-0.2, 0) is 17.7 Å². The van der Waals surface area contributed by atoms with Gasteiger partial charge in [-0.15, -0.1) is 0 Å². The summed E-state index contributed by atoms with van der Waals surface area (Å²) in [6, 6.07) is 0.312. The van der Waals surface area contributed by atoms with Crippen LogP contribution < -0.4 is 9.47 Å². The van der Waals surface area contributed by atoms with Gasteiger partial charge >= 0.3 is 12.1 Å². The Kier molecular flexibility index (Phi) is 5.70. The van der Waals surface area contributed by atoms with Gasteiger partial charge in [-0.05, 0) is 54.1 Å². The smallest absolute Gasteiger partial charge is 0.410 e. The van der Waals surface area contributed by atoms with E-state index in [-0.39, 0.29) is 11.5 Å². The van der Waals surface area contributed by atoms with E-state index in [2.05, 4.69) is 29.0 Å². The summed E-state index contributed by atoms with van der Waals surface area (Å²) in [5.74, 6) is 0.529. The summed E-state index contributed by atoms with van der Waals surface area (Å²) in [7, 11) is 5.74. The molecule has 0 N–H and O–H groups in total. The third kappa shape index (κ3) is 5.04. The van der Waals surface area contributed by atoms with E-state index in [4.69, 9.17) is 14.2 Å². The van der Waals surface area contributed by atoms with E-state index in [1.165, 1.54) is 0 Å². The fourth-order valence-corrected chi connectivity index (χ4v) is 3.50. The molecule has 2 aliphatic rings. The van der Waals surface area contributed by atoms with Gasteiger partial charge in [0.2, 0.25) is 5.88 Å². The average molecular weight is 393 g/mol. The molecule has 0 unspecified atom stereocenters. The molecule has 1 fully saturated rings. The predicted octanol–water partition coefficient (Wildman–Crippen LogP) is 2.50. The zero-order valence-corrected chi connectivity index (χ0v) is 17.9. The van der Waals surface area contributed by atoms with Crippen molar-refractivity contribution < 1.29 is 19.0 Å². The number of hydrogen-bond acceptors (Lipinski definition) is 7. The zero-order chi connectivity index (χ0) is 20.5. The Hall–Kier alpha value is -2.09. The molecule has 1 aliphatic heterocycles. The van der Waals surface area contributed by atoms with E-state index in [9.17, 15) is 4.79 Å². The molecule has 0 bridgehead atoms. The van der Waals surface area contributed by atoms with Crippen LogP contribution in [0.25, 0.3) is 0 Å². The number of ether oxygens (including phenoxy) is 3. The second-order valence-electron chi connectivity index (χ2n) is 9.12. The van der Waals surface area contributed by atoms with Gasteiger partial charge in [-0.3, -0.25) is 0 Å². The highest BCUT2D eigenvalue weighted by atomic mass is 16.6. The molecule has 1 aromatic heterocycles. The maximum Gasteiger partial charge on any atom is 0.410 e. The molecule has 0 aromatic carbocycles.